The molecule has 1 N–H and O–H groups in total. The van der Waals surface area contributed by atoms with Gasteiger partial charge in [0.25, 0.3) is 0 Å². The monoisotopic (exact) mass is 417 g/mol. The highest BCUT2D eigenvalue weighted by Crippen LogP contribution is 2.37. The first-order valence-electron chi connectivity index (χ1n) is 9.52. The normalized spacial score (nSPS) is 14.6. The van der Waals surface area contributed by atoms with Gasteiger partial charge in [0.1, 0.15) is 6.61 Å². The van der Waals surface area contributed by atoms with E-state index in [1.165, 1.54) is 36.8 Å². The third-order valence-electron chi connectivity index (χ3n) is 4.78. The Morgan fingerprint density at radius 2 is 1.88 bits per heavy atom. The molecule has 0 amide bonds. The molecule has 0 unspecified atom stereocenters. The number of aryl methyl sites for hydroxylation is 1. The molecule has 0 aliphatic heterocycles. The quantitative estimate of drug-likeness (QED) is 0.591. The minimum atomic E-state index is 0.528. The van der Waals surface area contributed by atoms with Crippen molar-refractivity contribution in [1.82, 2.24) is 5.32 Å². The second kappa shape index (κ2) is 9.43. The summed E-state index contributed by atoms with van der Waals surface area (Å²) >= 11 is 3.68. The van der Waals surface area contributed by atoms with Gasteiger partial charge < -0.3 is 14.8 Å². The molecule has 4 heteroatoms. The summed E-state index contributed by atoms with van der Waals surface area (Å²) in [5.74, 6) is 1.58. The molecule has 3 nitrogen and oxygen atoms in total. The van der Waals surface area contributed by atoms with Gasteiger partial charge in [-0.25, -0.2) is 0 Å². The molecule has 1 saturated carbocycles. The molecule has 140 valence electrons. The summed E-state index contributed by atoms with van der Waals surface area (Å²) in [5.41, 5.74) is 3.62. The summed E-state index contributed by atoms with van der Waals surface area (Å²) in [6.07, 6.45) is 5.27. The van der Waals surface area contributed by atoms with Crippen molar-refractivity contribution in [3.8, 4) is 11.5 Å². The zero-order chi connectivity index (χ0) is 18.4. The van der Waals surface area contributed by atoms with Gasteiger partial charge >= 0.3 is 0 Å². The lowest BCUT2D eigenvalue weighted by molar-refractivity contribution is 0.267. The van der Waals surface area contributed by atoms with Gasteiger partial charge in [-0.1, -0.05) is 42.7 Å². The molecule has 0 saturated heterocycles. The Kier molecular flexibility index (Phi) is 6.98. The molecule has 2 aromatic rings. The van der Waals surface area contributed by atoms with Crippen LogP contribution in [0.25, 0.3) is 0 Å². The molecule has 0 atom stereocenters. The Labute approximate surface area is 165 Å². The molecule has 0 spiro atoms. The van der Waals surface area contributed by atoms with E-state index in [2.05, 4.69) is 64.6 Å². The summed E-state index contributed by atoms with van der Waals surface area (Å²) < 4.78 is 12.9. The van der Waals surface area contributed by atoms with E-state index in [0.29, 0.717) is 19.3 Å². The number of rotatable bonds is 8. The molecule has 0 heterocycles. The minimum absolute atomic E-state index is 0.528. The summed E-state index contributed by atoms with van der Waals surface area (Å²) in [7, 11) is 0. The highest BCUT2D eigenvalue weighted by atomic mass is 79.9. The van der Waals surface area contributed by atoms with Crippen LogP contribution in [0.1, 0.15) is 49.3 Å². The van der Waals surface area contributed by atoms with E-state index in [0.717, 1.165) is 28.1 Å². The topological polar surface area (TPSA) is 30.5 Å². The lowest BCUT2D eigenvalue weighted by atomic mass is 10.1. The molecule has 1 aliphatic rings. The van der Waals surface area contributed by atoms with Gasteiger partial charge in [-0.15, -0.1) is 0 Å². The molecule has 1 aliphatic carbocycles. The zero-order valence-corrected chi connectivity index (χ0v) is 17.3. The standard InChI is InChI=1S/C22H28BrNO2/c1-3-25-21-13-18(14-24-19-9-4-5-10-19)12-20(23)22(21)26-15-17-8-6-7-16(2)11-17/h6-8,11-13,19,24H,3-5,9-10,14-15H2,1-2H3. The van der Waals surface area contributed by atoms with E-state index in [-0.39, 0.29) is 0 Å². The van der Waals surface area contributed by atoms with Gasteiger partial charge in [0, 0.05) is 12.6 Å². The second-order valence-electron chi connectivity index (χ2n) is 6.98. The number of ether oxygens (including phenoxy) is 2. The van der Waals surface area contributed by atoms with E-state index in [9.17, 15) is 0 Å². The molecule has 0 bridgehead atoms. The smallest absolute Gasteiger partial charge is 0.175 e. The summed E-state index contributed by atoms with van der Waals surface area (Å²) in [6.45, 7) is 6.10. The molecule has 1 fully saturated rings. The van der Waals surface area contributed by atoms with Crippen LogP contribution in [0.4, 0.5) is 0 Å². The molecule has 3 rings (SSSR count). The maximum absolute atomic E-state index is 6.10. The predicted molar refractivity (Wildman–Crippen MR) is 110 cm³/mol. The van der Waals surface area contributed by atoms with Gasteiger partial charge in [0.05, 0.1) is 11.1 Å². The summed E-state index contributed by atoms with van der Waals surface area (Å²) in [4.78, 5) is 0. The van der Waals surface area contributed by atoms with Crippen molar-refractivity contribution in [3.63, 3.8) is 0 Å². The van der Waals surface area contributed by atoms with Crippen molar-refractivity contribution in [2.24, 2.45) is 0 Å². The van der Waals surface area contributed by atoms with Crippen molar-refractivity contribution in [1.29, 1.82) is 0 Å². The van der Waals surface area contributed by atoms with Crippen LogP contribution >= 0.6 is 15.9 Å². The largest absolute Gasteiger partial charge is 0.490 e. The van der Waals surface area contributed by atoms with E-state index in [1.807, 2.05) is 6.92 Å². The fourth-order valence-corrected chi connectivity index (χ4v) is 4.08. The van der Waals surface area contributed by atoms with E-state index in [1.54, 1.807) is 0 Å². The third kappa shape index (κ3) is 5.24. The van der Waals surface area contributed by atoms with Crippen LogP contribution in [0.15, 0.2) is 40.9 Å². The van der Waals surface area contributed by atoms with Gasteiger partial charge in [-0.05, 0) is 65.9 Å². The minimum Gasteiger partial charge on any atom is -0.490 e. The van der Waals surface area contributed by atoms with Gasteiger partial charge in [-0.3, -0.25) is 0 Å². The van der Waals surface area contributed by atoms with Crippen molar-refractivity contribution in [2.45, 2.75) is 58.7 Å². The van der Waals surface area contributed by atoms with Crippen LogP contribution in [-0.2, 0) is 13.2 Å². The number of hydrogen-bond donors (Lipinski definition) is 1. The lowest BCUT2D eigenvalue weighted by Gasteiger charge is -2.17. The average molecular weight is 418 g/mol. The molecule has 2 aromatic carbocycles. The Balaban J connectivity index is 1.71. The number of hydrogen-bond acceptors (Lipinski definition) is 3. The van der Waals surface area contributed by atoms with Crippen LogP contribution in [0.2, 0.25) is 0 Å². The van der Waals surface area contributed by atoms with Gasteiger partial charge in [0.2, 0.25) is 0 Å². The van der Waals surface area contributed by atoms with E-state index < -0.39 is 0 Å². The van der Waals surface area contributed by atoms with Crippen molar-refractivity contribution in [2.75, 3.05) is 6.61 Å². The first kappa shape index (κ1) is 19.2. The highest BCUT2D eigenvalue weighted by Gasteiger charge is 2.16. The average Bonchev–Trinajstić information content (AvgIpc) is 3.13. The van der Waals surface area contributed by atoms with Crippen LogP contribution in [0, 0.1) is 6.92 Å². The predicted octanol–water partition coefficient (Wildman–Crippen LogP) is 5.77. The molecule has 26 heavy (non-hydrogen) atoms. The Hall–Kier alpha value is -1.52. The molecular weight excluding hydrogens is 390 g/mol. The first-order valence-corrected chi connectivity index (χ1v) is 10.3. The fraction of sp³-hybridized carbons (Fsp3) is 0.455. The Bertz CT molecular complexity index is 726. The van der Waals surface area contributed by atoms with Crippen LogP contribution in [0.3, 0.4) is 0 Å². The number of benzene rings is 2. The van der Waals surface area contributed by atoms with Crippen molar-refractivity contribution >= 4 is 15.9 Å². The van der Waals surface area contributed by atoms with E-state index >= 15 is 0 Å². The molecular formula is C22H28BrNO2. The number of halogens is 1. The van der Waals surface area contributed by atoms with Gasteiger partial charge in [-0.2, -0.15) is 0 Å². The second-order valence-corrected chi connectivity index (χ2v) is 7.83. The number of nitrogens with one attached hydrogen (secondary N) is 1. The van der Waals surface area contributed by atoms with Crippen LogP contribution in [-0.4, -0.2) is 12.6 Å². The van der Waals surface area contributed by atoms with Gasteiger partial charge in [0.15, 0.2) is 11.5 Å². The maximum Gasteiger partial charge on any atom is 0.175 e. The molecule has 0 aromatic heterocycles. The van der Waals surface area contributed by atoms with Crippen molar-refractivity contribution < 1.29 is 9.47 Å². The summed E-state index contributed by atoms with van der Waals surface area (Å²) in [6, 6.07) is 13.3. The molecule has 0 radical (unpaired) electrons. The maximum atomic E-state index is 6.10. The van der Waals surface area contributed by atoms with Crippen LogP contribution in [0.5, 0.6) is 11.5 Å². The Morgan fingerprint density at radius 1 is 1.08 bits per heavy atom. The zero-order valence-electron chi connectivity index (χ0n) is 15.7. The lowest BCUT2D eigenvalue weighted by Crippen LogP contribution is -2.25. The van der Waals surface area contributed by atoms with Crippen LogP contribution < -0.4 is 14.8 Å². The SMILES string of the molecule is CCOc1cc(CNC2CCCC2)cc(Br)c1OCc1cccc(C)c1. The van der Waals surface area contributed by atoms with E-state index in [4.69, 9.17) is 9.47 Å². The van der Waals surface area contributed by atoms with Crippen molar-refractivity contribution in [3.05, 3.63) is 57.6 Å². The Morgan fingerprint density at radius 3 is 2.62 bits per heavy atom. The highest BCUT2D eigenvalue weighted by molar-refractivity contribution is 9.10. The summed E-state index contributed by atoms with van der Waals surface area (Å²) in [5, 5.41) is 3.66. The first-order chi connectivity index (χ1) is 12.7. The third-order valence-corrected chi connectivity index (χ3v) is 5.37. The fourth-order valence-electron chi connectivity index (χ4n) is 3.48.